The molecule has 43 heavy (non-hydrogen) atoms. The van der Waals surface area contributed by atoms with E-state index in [9.17, 15) is 14.7 Å². The van der Waals surface area contributed by atoms with Crippen molar-refractivity contribution in [2.45, 2.75) is 37.5 Å². The number of aromatic hydroxyl groups is 1. The van der Waals surface area contributed by atoms with Gasteiger partial charge in [-0.05, 0) is 72.6 Å². The fourth-order valence-electron chi connectivity index (χ4n) is 7.51. The number of piperidine rings is 1. The predicted octanol–water partition coefficient (Wildman–Crippen LogP) is 4.26. The summed E-state index contributed by atoms with van der Waals surface area (Å²) in [6.07, 6.45) is 3.98. The van der Waals surface area contributed by atoms with Gasteiger partial charge in [0.2, 0.25) is 0 Å². The lowest BCUT2D eigenvalue weighted by Crippen LogP contribution is -2.58. The molecule has 3 heterocycles. The van der Waals surface area contributed by atoms with Crippen molar-refractivity contribution in [3.63, 3.8) is 0 Å². The molecule has 0 bridgehead atoms. The molecule has 0 spiro atoms. The number of fused-ring (bicyclic) bond motifs is 6. The summed E-state index contributed by atoms with van der Waals surface area (Å²) in [5.41, 5.74) is 4.26. The number of hydrogen-bond acceptors (Lipinski definition) is 9. The first-order valence-corrected chi connectivity index (χ1v) is 14.6. The van der Waals surface area contributed by atoms with Crippen LogP contribution in [0.3, 0.4) is 0 Å². The van der Waals surface area contributed by atoms with Crippen molar-refractivity contribution < 1.29 is 38.4 Å². The number of hydrogen-bond donors (Lipinski definition) is 2. The standard InChI is InChI=1S/C33H38N2O8/c1-39-20-7-8-21-22-11-12-35-17-19-14-28(43-29(37)10-6-18-5-9-26(36)27(13-18)40-2)32(41-3)30(33(38)42-4)23(19)16-25(35)31(22)34-24(21)15-20/h5-10,13,15,19,23,25,28,30,32,34,36H,11-12,14,16-17H2,1-4H3/b10-6+/t19-,23+,25-,28-,30+,32+/m1/s1. The normalized spacial score (nSPS) is 26.8. The molecule has 2 aromatic carbocycles. The molecule has 6 atom stereocenters. The van der Waals surface area contributed by atoms with E-state index in [4.69, 9.17) is 23.7 Å². The van der Waals surface area contributed by atoms with Crippen LogP contribution in [0.2, 0.25) is 0 Å². The van der Waals surface area contributed by atoms with Crippen molar-refractivity contribution in [1.29, 1.82) is 0 Å². The number of carbonyl (C=O) groups excluding carboxylic acids is 2. The van der Waals surface area contributed by atoms with Crippen LogP contribution in [0.15, 0.2) is 42.5 Å². The van der Waals surface area contributed by atoms with Crippen LogP contribution in [0.4, 0.5) is 0 Å². The Morgan fingerprint density at radius 2 is 1.88 bits per heavy atom. The molecule has 228 valence electrons. The van der Waals surface area contributed by atoms with Crippen molar-refractivity contribution in [3.05, 3.63) is 59.3 Å². The fraction of sp³-hybridized carbons (Fsp3) is 0.455. The average Bonchev–Trinajstić information content (AvgIpc) is 3.40. The molecule has 2 aliphatic heterocycles. The second kappa shape index (κ2) is 11.9. The van der Waals surface area contributed by atoms with E-state index in [-0.39, 0.29) is 29.6 Å². The number of phenolic OH excluding ortho intramolecular Hbond substituents is 1. The lowest BCUT2D eigenvalue weighted by atomic mass is 9.63. The number of methoxy groups -OCH3 is 4. The van der Waals surface area contributed by atoms with Crippen molar-refractivity contribution in [2.24, 2.45) is 17.8 Å². The molecular weight excluding hydrogens is 552 g/mol. The van der Waals surface area contributed by atoms with Crippen LogP contribution in [-0.4, -0.2) is 80.7 Å². The summed E-state index contributed by atoms with van der Waals surface area (Å²) in [6.45, 7) is 1.70. The van der Waals surface area contributed by atoms with Crippen LogP contribution in [0.25, 0.3) is 17.0 Å². The molecule has 1 saturated carbocycles. The van der Waals surface area contributed by atoms with Gasteiger partial charge in [0.15, 0.2) is 11.5 Å². The first kappa shape index (κ1) is 29.1. The Morgan fingerprint density at radius 1 is 1.05 bits per heavy atom. The van der Waals surface area contributed by atoms with Gasteiger partial charge in [-0.3, -0.25) is 9.69 Å². The van der Waals surface area contributed by atoms with Crippen molar-refractivity contribution in [3.8, 4) is 17.2 Å². The van der Waals surface area contributed by atoms with Crippen LogP contribution in [-0.2, 0) is 30.2 Å². The van der Waals surface area contributed by atoms with Gasteiger partial charge in [-0.25, -0.2) is 4.79 Å². The van der Waals surface area contributed by atoms with Crippen LogP contribution in [0.5, 0.6) is 17.2 Å². The minimum absolute atomic E-state index is 0.000466. The van der Waals surface area contributed by atoms with E-state index in [0.29, 0.717) is 17.7 Å². The van der Waals surface area contributed by atoms with E-state index in [1.807, 2.05) is 12.1 Å². The van der Waals surface area contributed by atoms with E-state index in [0.717, 1.165) is 37.2 Å². The monoisotopic (exact) mass is 590 g/mol. The van der Waals surface area contributed by atoms with Gasteiger partial charge in [-0.1, -0.05) is 6.07 Å². The Morgan fingerprint density at radius 3 is 2.63 bits per heavy atom. The second-order valence-electron chi connectivity index (χ2n) is 11.6. The Kier molecular flexibility index (Phi) is 8.07. The summed E-state index contributed by atoms with van der Waals surface area (Å²) in [5, 5.41) is 11.1. The molecule has 0 amide bonds. The molecule has 1 aliphatic carbocycles. The molecule has 3 aromatic rings. The number of carbonyl (C=O) groups is 2. The first-order valence-electron chi connectivity index (χ1n) is 14.6. The van der Waals surface area contributed by atoms with Crippen molar-refractivity contribution >= 4 is 28.9 Å². The fourth-order valence-corrected chi connectivity index (χ4v) is 7.51. The van der Waals surface area contributed by atoms with Gasteiger partial charge in [0.1, 0.15) is 18.0 Å². The molecule has 1 aromatic heterocycles. The van der Waals surface area contributed by atoms with E-state index >= 15 is 0 Å². The number of nitrogens with one attached hydrogen (secondary N) is 1. The predicted molar refractivity (Wildman–Crippen MR) is 159 cm³/mol. The number of nitrogens with zero attached hydrogens (tertiary/aromatic N) is 1. The molecule has 0 unspecified atom stereocenters. The minimum Gasteiger partial charge on any atom is -0.504 e. The van der Waals surface area contributed by atoms with Crippen LogP contribution >= 0.6 is 0 Å². The van der Waals surface area contributed by atoms with Gasteiger partial charge in [-0.2, -0.15) is 0 Å². The zero-order chi connectivity index (χ0) is 30.2. The summed E-state index contributed by atoms with van der Waals surface area (Å²) >= 11 is 0. The summed E-state index contributed by atoms with van der Waals surface area (Å²) in [6, 6.07) is 11.1. The number of rotatable bonds is 7. The van der Waals surface area contributed by atoms with Crippen LogP contribution < -0.4 is 9.47 Å². The van der Waals surface area contributed by atoms with Gasteiger partial charge >= 0.3 is 11.9 Å². The zero-order valence-corrected chi connectivity index (χ0v) is 24.9. The van der Waals surface area contributed by atoms with Gasteiger partial charge < -0.3 is 33.8 Å². The maximum Gasteiger partial charge on any atom is 0.331 e. The highest BCUT2D eigenvalue weighted by atomic mass is 16.6. The van der Waals surface area contributed by atoms with E-state index in [2.05, 4.69) is 16.0 Å². The molecule has 10 heteroatoms. The topological polar surface area (TPSA) is 120 Å². The number of esters is 2. The highest BCUT2D eigenvalue weighted by Crippen LogP contribution is 2.50. The Bertz CT molecular complexity index is 1550. The average molecular weight is 591 g/mol. The molecule has 2 fully saturated rings. The van der Waals surface area contributed by atoms with Crippen LogP contribution in [0.1, 0.15) is 35.7 Å². The Labute approximate surface area is 250 Å². The van der Waals surface area contributed by atoms with Gasteiger partial charge in [0.25, 0.3) is 0 Å². The maximum atomic E-state index is 13.3. The molecule has 6 rings (SSSR count). The SMILES string of the molecule is COC(=O)[C@H]1[C@H]2C[C@@H]3c4[nH]c5cc(OC)ccc5c4CCN3C[C@H]2C[C@@H](OC(=O)/C=C/c2ccc(O)c(OC)c2)[C@@H]1OC. The first-order chi connectivity index (χ1) is 20.8. The number of phenols is 1. The van der Waals surface area contributed by atoms with Crippen molar-refractivity contribution in [1.82, 2.24) is 9.88 Å². The third-order valence-corrected chi connectivity index (χ3v) is 9.48. The lowest BCUT2D eigenvalue weighted by molar-refractivity contribution is -0.187. The van der Waals surface area contributed by atoms with Gasteiger partial charge in [0.05, 0.1) is 33.3 Å². The largest absolute Gasteiger partial charge is 0.504 e. The lowest BCUT2D eigenvalue weighted by Gasteiger charge is -2.52. The highest BCUT2D eigenvalue weighted by molar-refractivity contribution is 5.88. The number of ether oxygens (including phenoxy) is 5. The Balaban J connectivity index is 1.24. The second-order valence-corrected chi connectivity index (χ2v) is 11.6. The molecule has 1 saturated heterocycles. The minimum atomic E-state index is -0.638. The molecule has 0 radical (unpaired) electrons. The third-order valence-electron chi connectivity index (χ3n) is 9.48. The molecular formula is C33H38N2O8. The summed E-state index contributed by atoms with van der Waals surface area (Å²) in [7, 11) is 6.08. The van der Waals surface area contributed by atoms with E-state index < -0.39 is 24.1 Å². The highest BCUT2D eigenvalue weighted by Gasteiger charge is 2.54. The zero-order valence-electron chi connectivity index (χ0n) is 24.9. The van der Waals surface area contributed by atoms with E-state index in [1.165, 1.54) is 43.0 Å². The summed E-state index contributed by atoms with van der Waals surface area (Å²) < 4.78 is 27.7. The molecule has 10 nitrogen and oxygen atoms in total. The van der Waals surface area contributed by atoms with Gasteiger partial charge in [0, 0.05) is 48.9 Å². The third kappa shape index (κ3) is 5.34. The quantitative estimate of drug-likeness (QED) is 0.307. The number of H-pyrrole nitrogens is 1. The summed E-state index contributed by atoms with van der Waals surface area (Å²) in [4.78, 5) is 32.5. The molecule has 2 N–H and O–H groups in total. The van der Waals surface area contributed by atoms with Gasteiger partial charge in [-0.15, -0.1) is 0 Å². The number of aromatic amines is 1. The van der Waals surface area contributed by atoms with Crippen LogP contribution in [0, 0.1) is 17.8 Å². The Hall–Kier alpha value is -4.02. The van der Waals surface area contributed by atoms with Crippen molar-refractivity contribution in [2.75, 3.05) is 41.5 Å². The maximum absolute atomic E-state index is 13.3. The smallest absolute Gasteiger partial charge is 0.331 e. The molecule has 3 aliphatic rings. The van der Waals surface area contributed by atoms with E-state index in [1.54, 1.807) is 32.4 Å². The number of aromatic nitrogens is 1. The summed E-state index contributed by atoms with van der Waals surface area (Å²) in [5.74, 6) is -0.200. The number of benzene rings is 2.